The third-order valence-corrected chi connectivity index (χ3v) is 2.26. The Kier molecular flexibility index (Phi) is 4.73. The largest absolute Gasteiger partial charge is 0.392 e. The van der Waals surface area contributed by atoms with Gasteiger partial charge in [-0.1, -0.05) is 18.3 Å². The molecule has 0 radical (unpaired) electrons. The average molecular weight is 269 g/mol. The molecular formula is C11H12FN3O2S. The second kappa shape index (κ2) is 6.06. The lowest BCUT2D eigenvalue weighted by atomic mass is 10.3. The number of halogens is 1. The molecule has 0 bridgehead atoms. The van der Waals surface area contributed by atoms with E-state index < -0.39 is 17.6 Å². The molecule has 0 aliphatic rings. The van der Waals surface area contributed by atoms with E-state index in [2.05, 4.69) is 17.5 Å². The summed E-state index contributed by atoms with van der Waals surface area (Å²) in [5.74, 6) is -2.16. The van der Waals surface area contributed by atoms with Crippen molar-refractivity contribution in [2.24, 2.45) is 5.73 Å². The molecule has 1 rings (SSSR count). The molecule has 0 atom stereocenters. The number of amides is 2. The van der Waals surface area contributed by atoms with E-state index in [0.717, 1.165) is 11.0 Å². The molecule has 2 amide bonds. The van der Waals surface area contributed by atoms with Gasteiger partial charge in [-0.15, -0.1) is 0 Å². The molecule has 18 heavy (non-hydrogen) atoms. The summed E-state index contributed by atoms with van der Waals surface area (Å²) in [5, 5.41) is 2.26. The molecule has 0 aliphatic carbocycles. The maximum atomic E-state index is 13.0. The summed E-state index contributed by atoms with van der Waals surface area (Å²) in [6, 6.07) is 5.36. The number of rotatable bonds is 3. The zero-order valence-electron chi connectivity index (χ0n) is 9.64. The number of carbonyl (C=O) groups excluding carboxylic acids is 2. The molecule has 0 fully saturated rings. The zero-order chi connectivity index (χ0) is 13.7. The Labute approximate surface area is 109 Å². The van der Waals surface area contributed by atoms with Crippen molar-refractivity contribution in [1.82, 2.24) is 5.32 Å². The van der Waals surface area contributed by atoms with Gasteiger partial charge in [0, 0.05) is 12.7 Å². The molecule has 0 saturated carbocycles. The monoisotopic (exact) mass is 269 g/mol. The number of likely N-dealkylation sites (N-methyl/N-ethyl adjacent to an activating group) is 1. The summed E-state index contributed by atoms with van der Waals surface area (Å²) in [4.78, 5) is 24.2. The van der Waals surface area contributed by atoms with Gasteiger partial charge in [0.05, 0.1) is 11.5 Å². The van der Waals surface area contributed by atoms with Crippen LogP contribution in [0.3, 0.4) is 0 Å². The van der Waals surface area contributed by atoms with Gasteiger partial charge in [-0.2, -0.15) is 0 Å². The number of carbonyl (C=O) groups is 2. The Morgan fingerprint density at radius 2 is 2.17 bits per heavy atom. The smallest absolute Gasteiger partial charge is 0.316 e. The summed E-state index contributed by atoms with van der Waals surface area (Å²) in [7, 11) is 1.37. The van der Waals surface area contributed by atoms with Crippen LogP contribution in [0.15, 0.2) is 24.3 Å². The van der Waals surface area contributed by atoms with E-state index in [-0.39, 0.29) is 17.2 Å². The van der Waals surface area contributed by atoms with Crippen LogP contribution in [0.4, 0.5) is 10.1 Å². The number of nitrogens with zero attached hydrogens (tertiary/aromatic N) is 1. The fraction of sp³-hybridized carbons (Fsp3) is 0.182. The summed E-state index contributed by atoms with van der Waals surface area (Å²) in [6.45, 7) is -0.0586. The second-order valence-electron chi connectivity index (χ2n) is 3.49. The fourth-order valence-corrected chi connectivity index (χ4v) is 1.27. The highest BCUT2D eigenvalue weighted by Gasteiger charge is 2.19. The third kappa shape index (κ3) is 3.77. The molecule has 0 spiro atoms. The molecule has 0 saturated heterocycles. The summed E-state index contributed by atoms with van der Waals surface area (Å²) >= 11 is 4.57. The van der Waals surface area contributed by atoms with Gasteiger partial charge in [0.25, 0.3) is 0 Å². The third-order valence-electron chi connectivity index (χ3n) is 2.12. The van der Waals surface area contributed by atoms with Crippen LogP contribution in [0, 0.1) is 5.82 Å². The van der Waals surface area contributed by atoms with Crippen molar-refractivity contribution >= 4 is 34.7 Å². The number of hydrogen-bond acceptors (Lipinski definition) is 3. The van der Waals surface area contributed by atoms with Crippen LogP contribution < -0.4 is 16.0 Å². The van der Waals surface area contributed by atoms with Crippen molar-refractivity contribution in [1.29, 1.82) is 0 Å². The first-order chi connectivity index (χ1) is 8.41. The van der Waals surface area contributed by atoms with Crippen LogP contribution >= 0.6 is 12.2 Å². The number of nitrogens with two attached hydrogens (primary N) is 1. The maximum Gasteiger partial charge on any atom is 0.316 e. The Hall–Kier alpha value is -2.02. The van der Waals surface area contributed by atoms with Crippen LogP contribution in [0.1, 0.15) is 0 Å². The molecule has 3 N–H and O–H groups in total. The molecule has 1 aromatic carbocycles. The minimum absolute atomic E-state index is 0.0586. The van der Waals surface area contributed by atoms with Crippen molar-refractivity contribution in [2.75, 3.05) is 18.5 Å². The van der Waals surface area contributed by atoms with Crippen LogP contribution in [-0.4, -0.2) is 30.4 Å². The van der Waals surface area contributed by atoms with Gasteiger partial charge < -0.3 is 16.0 Å². The summed E-state index contributed by atoms with van der Waals surface area (Å²) < 4.78 is 13.0. The highest BCUT2D eigenvalue weighted by atomic mass is 32.1. The standard InChI is InChI=1S/C11H12FN3O2S/c1-15(8-4-2-3-7(12)5-8)11(17)10(16)14-6-9(13)18/h2-5H,6H2,1H3,(H2,13,18)(H,14,16). The number of hydrogen-bond donors (Lipinski definition) is 2. The molecule has 0 aliphatic heterocycles. The molecule has 0 unspecified atom stereocenters. The van der Waals surface area contributed by atoms with E-state index in [1.54, 1.807) is 0 Å². The first kappa shape index (κ1) is 14.0. The van der Waals surface area contributed by atoms with Crippen molar-refractivity contribution in [2.45, 2.75) is 0 Å². The topological polar surface area (TPSA) is 75.4 Å². The van der Waals surface area contributed by atoms with Crippen molar-refractivity contribution < 1.29 is 14.0 Å². The zero-order valence-corrected chi connectivity index (χ0v) is 10.5. The first-order valence-corrected chi connectivity index (χ1v) is 5.42. The van der Waals surface area contributed by atoms with Gasteiger partial charge >= 0.3 is 11.8 Å². The van der Waals surface area contributed by atoms with E-state index in [0.29, 0.717) is 0 Å². The van der Waals surface area contributed by atoms with Gasteiger partial charge in [0.15, 0.2) is 0 Å². The van der Waals surface area contributed by atoms with Gasteiger partial charge in [0.1, 0.15) is 5.82 Å². The van der Waals surface area contributed by atoms with E-state index in [9.17, 15) is 14.0 Å². The number of thiocarbonyl (C=S) groups is 1. The second-order valence-corrected chi connectivity index (χ2v) is 4.02. The van der Waals surface area contributed by atoms with Gasteiger partial charge in [-0.25, -0.2) is 4.39 Å². The highest BCUT2D eigenvalue weighted by molar-refractivity contribution is 7.80. The summed E-state index contributed by atoms with van der Waals surface area (Å²) in [6.07, 6.45) is 0. The van der Waals surface area contributed by atoms with Gasteiger partial charge in [-0.05, 0) is 18.2 Å². The molecular weight excluding hydrogens is 257 g/mol. The lowest BCUT2D eigenvalue weighted by Crippen LogP contribution is -2.43. The molecule has 0 heterocycles. The Morgan fingerprint density at radius 3 is 2.72 bits per heavy atom. The average Bonchev–Trinajstić information content (AvgIpc) is 2.34. The minimum atomic E-state index is -0.852. The van der Waals surface area contributed by atoms with Crippen LogP contribution in [0.25, 0.3) is 0 Å². The van der Waals surface area contributed by atoms with Crippen LogP contribution in [0.2, 0.25) is 0 Å². The van der Waals surface area contributed by atoms with E-state index in [4.69, 9.17) is 5.73 Å². The van der Waals surface area contributed by atoms with E-state index in [1.165, 1.54) is 25.2 Å². The molecule has 5 nitrogen and oxygen atoms in total. The van der Waals surface area contributed by atoms with E-state index in [1.807, 2.05) is 0 Å². The highest BCUT2D eigenvalue weighted by Crippen LogP contribution is 2.13. The number of benzene rings is 1. The fourth-order valence-electron chi connectivity index (χ4n) is 1.20. The Balaban J connectivity index is 2.72. The molecule has 1 aromatic rings. The summed E-state index contributed by atoms with van der Waals surface area (Å²) in [5.41, 5.74) is 5.47. The Bertz CT molecular complexity index is 493. The minimum Gasteiger partial charge on any atom is -0.392 e. The number of nitrogens with one attached hydrogen (secondary N) is 1. The molecule has 7 heteroatoms. The maximum absolute atomic E-state index is 13.0. The number of anilines is 1. The predicted octanol–water partition coefficient (Wildman–Crippen LogP) is 0.191. The first-order valence-electron chi connectivity index (χ1n) is 5.01. The van der Waals surface area contributed by atoms with Crippen molar-refractivity contribution in [3.8, 4) is 0 Å². The molecule has 0 aromatic heterocycles. The predicted molar refractivity (Wildman–Crippen MR) is 69.6 cm³/mol. The molecule has 96 valence electrons. The van der Waals surface area contributed by atoms with Crippen LogP contribution in [-0.2, 0) is 9.59 Å². The van der Waals surface area contributed by atoms with Gasteiger partial charge in [-0.3, -0.25) is 9.59 Å². The van der Waals surface area contributed by atoms with Gasteiger partial charge in [0.2, 0.25) is 0 Å². The van der Waals surface area contributed by atoms with Crippen LogP contribution in [0.5, 0.6) is 0 Å². The van der Waals surface area contributed by atoms with Crippen molar-refractivity contribution in [3.05, 3.63) is 30.1 Å². The van der Waals surface area contributed by atoms with E-state index >= 15 is 0 Å². The lowest BCUT2D eigenvalue weighted by molar-refractivity contribution is -0.137. The Morgan fingerprint density at radius 1 is 1.50 bits per heavy atom. The van der Waals surface area contributed by atoms with Crippen molar-refractivity contribution in [3.63, 3.8) is 0 Å². The SMILES string of the molecule is CN(C(=O)C(=O)NCC(N)=S)c1cccc(F)c1. The quantitative estimate of drug-likeness (QED) is 0.607. The normalized spacial score (nSPS) is 9.67. The lowest BCUT2D eigenvalue weighted by Gasteiger charge is -2.16.